The summed E-state index contributed by atoms with van der Waals surface area (Å²) < 4.78 is 11.6. The number of furan rings is 1. The zero-order chi connectivity index (χ0) is 13.4. The highest BCUT2D eigenvalue weighted by atomic mass is 16.5. The molecule has 0 N–H and O–H groups in total. The molecular weight excluding hydrogens is 240 g/mol. The number of nitrogens with zero attached hydrogens (tertiary/aromatic N) is 2. The van der Waals surface area contributed by atoms with Gasteiger partial charge in [0.05, 0.1) is 19.3 Å². The summed E-state index contributed by atoms with van der Waals surface area (Å²) >= 11 is 0. The lowest BCUT2D eigenvalue weighted by atomic mass is 9.93. The van der Waals surface area contributed by atoms with E-state index in [-0.39, 0.29) is 0 Å². The van der Waals surface area contributed by atoms with Gasteiger partial charge in [0, 0.05) is 31.5 Å². The Balaban J connectivity index is 1.58. The van der Waals surface area contributed by atoms with E-state index in [1.165, 1.54) is 0 Å². The number of likely N-dealkylation sites (tertiary alicyclic amines) is 1. The summed E-state index contributed by atoms with van der Waals surface area (Å²) in [6, 6.07) is 4.12. The molecule has 2 saturated heterocycles. The topological polar surface area (TPSA) is 28.9 Å². The first-order chi connectivity index (χ1) is 9.11. The molecule has 4 nitrogen and oxygen atoms in total. The first-order valence-corrected chi connectivity index (χ1v) is 7.16. The van der Waals surface area contributed by atoms with Gasteiger partial charge in [-0.05, 0) is 33.2 Å². The van der Waals surface area contributed by atoms with Crippen LogP contribution < -0.4 is 0 Å². The lowest BCUT2D eigenvalue weighted by molar-refractivity contribution is 0.0909. The Morgan fingerprint density at radius 1 is 1.32 bits per heavy atom. The van der Waals surface area contributed by atoms with Gasteiger partial charge in [0.25, 0.3) is 0 Å². The maximum absolute atomic E-state index is 5.96. The maximum Gasteiger partial charge on any atom is 0.118 e. The van der Waals surface area contributed by atoms with Gasteiger partial charge in [0.2, 0.25) is 0 Å². The fourth-order valence-electron chi connectivity index (χ4n) is 3.46. The average molecular weight is 264 g/mol. The van der Waals surface area contributed by atoms with Crippen LogP contribution in [0, 0.1) is 18.8 Å². The van der Waals surface area contributed by atoms with Gasteiger partial charge in [0.1, 0.15) is 11.5 Å². The van der Waals surface area contributed by atoms with Gasteiger partial charge in [-0.1, -0.05) is 0 Å². The quantitative estimate of drug-likeness (QED) is 0.826. The molecular formula is C15H24N2O2. The van der Waals surface area contributed by atoms with Crippen LogP contribution in [0.4, 0.5) is 0 Å². The molecule has 0 unspecified atom stereocenters. The van der Waals surface area contributed by atoms with Crippen molar-refractivity contribution in [3.05, 3.63) is 23.7 Å². The van der Waals surface area contributed by atoms with Crippen LogP contribution in [0.1, 0.15) is 11.5 Å². The monoisotopic (exact) mass is 264 g/mol. The molecule has 4 heteroatoms. The summed E-state index contributed by atoms with van der Waals surface area (Å²) in [4.78, 5) is 4.74. The highest BCUT2D eigenvalue weighted by Crippen LogP contribution is 2.34. The Hall–Kier alpha value is -0.840. The van der Waals surface area contributed by atoms with Crippen LogP contribution in [0.3, 0.4) is 0 Å². The molecule has 0 aliphatic carbocycles. The third-order valence-electron chi connectivity index (χ3n) is 4.29. The minimum atomic E-state index is 0.431. The molecule has 3 heterocycles. The van der Waals surface area contributed by atoms with Crippen LogP contribution in [-0.2, 0) is 11.3 Å². The second kappa shape index (κ2) is 5.27. The molecule has 0 bridgehead atoms. The van der Waals surface area contributed by atoms with Gasteiger partial charge in [-0.25, -0.2) is 0 Å². The van der Waals surface area contributed by atoms with Crippen molar-refractivity contribution in [2.45, 2.75) is 19.6 Å². The molecule has 0 amide bonds. The van der Waals surface area contributed by atoms with Crippen molar-refractivity contribution in [2.75, 3.05) is 40.3 Å². The fourth-order valence-corrected chi connectivity index (χ4v) is 3.46. The predicted octanol–water partition coefficient (Wildman–Crippen LogP) is 1.60. The SMILES string of the molecule is Cc1ccc(CN2C[C@@H]3[C@@H](CN(C)C)CO[C@@H]3C2)o1. The first kappa shape index (κ1) is 13.2. The van der Waals surface area contributed by atoms with Crippen molar-refractivity contribution < 1.29 is 9.15 Å². The van der Waals surface area contributed by atoms with Crippen molar-refractivity contribution >= 4 is 0 Å². The smallest absolute Gasteiger partial charge is 0.118 e. The zero-order valence-corrected chi connectivity index (χ0v) is 12.1. The molecule has 0 spiro atoms. The van der Waals surface area contributed by atoms with Gasteiger partial charge in [-0.2, -0.15) is 0 Å². The summed E-state index contributed by atoms with van der Waals surface area (Å²) in [5, 5.41) is 0. The largest absolute Gasteiger partial charge is 0.465 e. The Labute approximate surface area is 115 Å². The lowest BCUT2D eigenvalue weighted by Gasteiger charge is -2.21. The van der Waals surface area contributed by atoms with Gasteiger partial charge >= 0.3 is 0 Å². The third kappa shape index (κ3) is 2.86. The summed E-state index contributed by atoms with van der Waals surface area (Å²) in [7, 11) is 4.29. The van der Waals surface area contributed by atoms with Crippen LogP contribution in [0.25, 0.3) is 0 Å². The predicted molar refractivity (Wildman–Crippen MR) is 74.0 cm³/mol. The molecule has 19 heavy (non-hydrogen) atoms. The molecule has 0 aromatic carbocycles. The minimum Gasteiger partial charge on any atom is -0.465 e. The number of rotatable bonds is 4. The van der Waals surface area contributed by atoms with Crippen LogP contribution in [0.2, 0.25) is 0 Å². The second-order valence-electron chi connectivity index (χ2n) is 6.26. The third-order valence-corrected chi connectivity index (χ3v) is 4.29. The molecule has 0 saturated carbocycles. The number of fused-ring (bicyclic) bond motifs is 1. The number of hydrogen-bond acceptors (Lipinski definition) is 4. The Bertz CT molecular complexity index is 430. The van der Waals surface area contributed by atoms with Crippen molar-refractivity contribution in [2.24, 2.45) is 11.8 Å². The fraction of sp³-hybridized carbons (Fsp3) is 0.733. The average Bonchev–Trinajstić information content (AvgIpc) is 2.98. The number of ether oxygens (including phenoxy) is 1. The molecule has 106 valence electrons. The van der Waals surface area contributed by atoms with E-state index < -0.39 is 0 Å². The van der Waals surface area contributed by atoms with Gasteiger partial charge in [-0.15, -0.1) is 0 Å². The summed E-state index contributed by atoms with van der Waals surface area (Å²) in [5.41, 5.74) is 0. The van der Waals surface area contributed by atoms with Crippen molar-refractivity contribution in [1.29, 1.82) is 0 Å². The molecule has 3 atom stereocenters. The van der Waals surface area contributed by atoms with E-state index in [0.717, 1.165) is 44.3 Å². The van der Waals surface area contributed by atoms with Gasteiger partial charge in [-0.3, -0.25) is 4.90 Å². The van der Waals surface area contributed by atoms with Crippen LogP contribution in [0.15, 0.2) is 16.5 Å². The van der Waals surface area contributed by atoms with E-state index in [1.54, 1.807) is 0 Å². The molecule has 0 radical (unpaired) electrons. The van der Waals surface area contributed by atoms with Crippen LogP contribution in [0.5, 0.6) is 0 Å². The summed E-state index contributed by atoms with van der Waals surface area (Å²) in [6.45, 7) is 7.17. The minimum absolute atomic E-state index is 0.431. The maximum atomic E-state index is 5.96. The van der Waals surface area contributed by atoms with Crippen molar-refractivity contribution in [3.8, 4) is 0 Å². The Morgan fingerprint density at radius 3 is 2.84 bits per heavy atom. The molecule has 1 aromatic heterocycles. The lowest BCUT2D eigenvalue weighted by Crippen LogP contribution is -2.30. The van der Waals surface area contributed by atoms with Gasteiger partial charge in [0.15, 0.2) is 0 Å². The van der Waals surface area contributed by atoms with E-state index in [0.29, 0.717) is 17.9 Å². The van der Waals surface area contributed by atoms with E-state index in [1.807, 2.05) is 13.0 Å². The molecule has 3 rings (SSSR count). The highest BCUT2D eigenvalue weighted by molar-refractivity contribution is 5.06. The Morgan fingerprint density at radius 2 is 2.16 bits per heavy atom. The van der Waals surface area contributed by atoms with Gasteiger partial charge < -0.3 is 14.1 Å². The summed E-state index contributed by atoms with van der Waals surface area (Å²) in [6.07, 6.45) is 0.431. The first-order valence-electron chi connectivity index (χ1n) is 7.16. The summed E-state index contributed by atoms with van der Waals surface area (Å²) in [5.74, 6) is 3.44. The highest BCUT2D eigenvalue weighted by Gasteiger charge is 2.43. The molecule has 2 aliphatic rings. The second-order valence-corrected chi connectivity index (χ2v) is 6.26. The van der Waals surface area contributed by atoms with Crippen LogP contribution >= 0.6 is 0 Å². The normalized spacial score (nSPS) is 31.3. The standard InChI is InChI=1S/C15H24N2O2/c1-11-4-5-13(19-11)7-17-8-14-12(6-16(2)3)10-18-15(14)9-17/h4-5,12,14-15H,6-10H2,1-3H3/t12-,14+,15+/m0/s1. The van der Waals surface area contributed by atoms with E-state index >= 15 is 0 Å². The van der Waals surface area contributed by atoms with E-state index in [2.05, 4.69) is 30.0 Å². The molecule has 1 aromatic rings. The zero-order valence-electron chi connectivity index (χ0n) is 12.1. The number of hydrogen-bond donors (Lipinski definition) is 0. The van der Waals surface area contributed by atoms with Crippen molar-refractivity contribution in [1.82, 2.24) is 9.80 Å². The molecule has 2 aliphatic heterocycles. The molecule has 2 fully saturated rings. The number of aryl methyl sites for hydroxylation is 1. The van der Waals surface area contributed by atoms with Crippen molar-refractivity contribution in [3.63, 3.8) is 0 Å². The van der Waals surface area contributed by atoms with E-state index in [9.17, 15) is 0 Å². The van der Waals surface area contributed by atoms with Crippen LogP contribution in [-0.4, -0.2) is 56.2 Å². The van der Waals surface area contributed by atoms with E-state index in [4.69, 9.17) is 9.15 Å². The Kier molecular flexibility index (Phi) is 3.65.